The standard InChI is InChI=1S/C15H14BrFN2O2/c1-18-13(15-11(16)6-4-7-12(15)17)9-10-5-2-3-8-14(10)19(20)21/h2-8,13,18H,9H2,1H3. The Labute approximate surface area is 130 Å². The number of hydrogen-bond acceptors (Lipinski definition) is 3. The molecule has 110 valence electrons. The molecule has 0 radical (unpaired) electrons. The first-order valence-corrected chi connectivity index (χ1v) is 7.17. The molecule has 0 aliphatic rings. The first kappa shape index (κ1) is 15.6. The van der Waals surface area contributed by atoms with Gasteiger partial charge in [0.15, 0.2) is 0 Å². The molecule has 1 atom stereocenters. The van der Waals surface area contributed by atoms with Crippen molar-refractivity contribution in [3.8, 4) is 0 Å². The first-order valence-electron chi connectivity index (χ1n) is 6.38. The third kappa shape index (κ3) is 3.46. The highest BCUT2D eigenvalue weighted by Gasteiger charge is 2.21. The summed E-state index contributed by atoms with van der Waals surface area (Å²) in [5, 5.41) is 14.1. The van der Waals surface area contributed by atoms with Gasteiger partial charge >= 0.3 is 0 Å². The minimum atomic E-state index is -0.418. The van der Waals surface area contributed by atoms with Crippen molar-refractivity contribution in [1.29, 1.82) is 0 Å². The van der Waals surface area contributed by atoms with Crippen LogP contribution in [0.4, 0.5) is 10.1 Å². The number of hydrogen-bond donors (Lipinski definition) is 1. The topological polar surface area (TPSA) is 55.2 Å². The van der Waals surface area contributed by atoms with Crippen LogP contribution in [0, 0.1) is 15.9 Å². The van der Waals surface area contributed by atoms with Crippen molar-refractivity contribution in [2.75, 3.05) is 7.05 Å². The number of nitro groups is 1. The SMILES string of the molecule is CNC(Cc1ccccc1[N+](=O)[O-])c1c(F)cccc1Br. The van der Waals surface area contributed by atoms with Crippen molar-refractivity contribution in [3.05, 3.63) is 74.0 Å². The minimum absolute atomic E-state index is 0.0465. The van der Waals surface area contributed by atoms with Gasteiger partial charge in [0.2, 0.25) is 0 Å². The average Bonchev–Trinajstić information content (AvgIpc) is 2.46. The Kier molecular flexibility index (Phi) is 5.03. The second-order valence-corrected chi connectivity index (χ2v) is 5.42. The van der Waals surface area contributed by atoms with Crippen molar-refractivity contribution in [1.82, 2.24) is 5.32 Å². The van der Waals surface area contributed by atoms with Gasteiger partial charge in [-0.15, -0.1) is 0 Å². The second kappa shape index (κ2) is 6.78. The molecule has 0 saturated carbocycles. The van der Waals surface area contributed by atoms with E-state index >= 15 is 0 Å². The van der Waals surface area contributed by atoms with Crippen LogP contribution < -0.4 is 5.32 Å². The lowest BCUT2D eigenvalue weighted by Gasteiger charge is -2.19. The molecule has 0 spiro atoms. The summed E-state index contributed by atoms with van der Waals surface area (Å²) in [7, 11) is 1.71. The zero-order valence-electron chi connectivity index (χ0n) is 11.3. The van der Waals surface area contributed by atoms with E-state index < -0.39 is 4.92 Å². The third-order valence-corrected chi connectivity index (χ3v) is 4.00. The van der Waals surface area contributed by atoms with Gasteiger partial charge in [-0.1, -0.05) is 40.2 Å². The maximum absolute atomic E-state index is 14.0. The van der Waals surface area contributed by atoms with Crippen LogP contribution >= 0.6 is 15.9 Å². The highest BCUT2D eigenvalue weighted by Crippen LogP contribution is 2.30. The van der Waals surface area contributed by atoms with Gasteiger partial charge in [0.1, 0.15) is 5.82 Å². The molecule has 0 aliphatic carbocycles. The Morgan fingerprint density at radius 3 is 2.62 bits per heavy atom. The van der Waals surface area contributed by atoms with Gasteiger partial charge in [-0.25, -0.2) is 4.39 Å². The zero-order chi connectivity index (χ0) is 15.4. The predicted octanol–water partition coefficient (Wildman–Crippen LogP) is 4.00. The minimum Gasteiger partial charge on any atom is -0.313 e. The number of rotatable bonds is 5. The van der Waals surface area contributed by atoms with Crippen molar-refractivity contribution >= 4 is 21.6 Å². The average molecular weight is 353 g/mol. The summed E-state index contributed by atoms with van der Waals surface area (Å²) < 4.78 is 14.7. The fourth-order valence-electron chi connectivity index (χ4n) is 2.27. The summed E-state index contributed by atoms with van der Waals surface area (Å²) in [5.41, 5.74) is 1.08. The quantitative estimate of drug-likeness (QED) is 0.653. The van der Waals surface area contributed by atoms with E-state index in [2.05, 4.69) is 21.2 Å². The number of benzene rings is 2. The van der Waals surface area contributed by atoms with Crippen molar-refractivity contribution in [2.45, 2.75) is 12.5 Å². The fraction of sp³-hybridized carbons (Fsp3) is 0.200. The van der Waals surface area contributed by atoms with Crippen LogP contribution in [0.1, 0.15) is 17.2 Å². The van der Waals surface area contributed by atoms with E-state index in [1.807, 2.05) is 0 Å². The van der Waals surface area contributed by atoms with Gasteiger partial charge in [0, 0.05) is 27.7 Å². The normalized spacial score (nSPS) is 12.1. The fourth-order valence-corrected chi connectivity index (χ4v) is 2.89. The molecule has 4 nitrogen and oxygen atoms in total. The van der Waals surface area contributed by atoms with E-state index in [1.165, 1.54) is 12.1 Å². The molecule has 2 rings (SSSR count). The molecule has 0 fully saturated rings. The number of nitro benzene ring substituents is 1. The lowest BCUT2D eigenvalue weighted by Crippen LogP contribution is -2.21. The predicted molar refractivity (Wildman–Crippen MR) is 82.7 cm³/mol. The van der Waals surface area contributed by atoms with Crippen LogP contribution in [0.2, 0.25) is 0 Å². The molecule has 0 bridgehead atoms. The Morgan fingerprint density at radius 2 is 2.00 bits per heavy atom. The number of nitrogens with one attached hydrogen (secondary N) is 1. The Bertz CT molecular complexity index is 644. The first-order chi connectivity index (χ1) is 10.0. The molecule has 1 N–H and O–H groups in total. The summed E-state index contributed by atoms with van der Waals surface area (Å²) in [5.74, 6) is -0.345. The third-order valence-electron chi connectivity index (χ3n) is 3.31. The summed E-state index contributed by atoms with van der Waals surface area (Å²) in [6.07, 6.45) is 0.327. The van der Waals surface area contributed by atoms with Crippen molar-refractivity contribution in [2.24, 2.45) is 0 Å². The Morgan fingerprint density at radius 1 is 1.29 bits per heavy atom. The second-order valence-electron chi connectivity index (χ2n) is 4.57. The highest BCUT2D eigenvalue weighted by molar-refractivity contribution is 9.10. The zero-order valence-corrected chi connectivity index (χ0v) is 12.9. The van der Waals surface area contributed by atoms with Crippen LogP contribution in [0.3, 0.4) is 0 Å². The number of para-hydroxylation sites is 1. The maximum Gasteiger partial charge on any atom is 0.272 e. The highest BCUT2D eigenvalue weighted by atomic mass is 79.9. The lowest BCUT2D eigenvalue weighted by molar-refractivity contribution is -0.385. The number of halogens is 2. The Hall–Kier alpha value is -1.79. The van der Waals surface area contributed by atoms with E-state index in [9.17, 15) is 14.5 Å². The smallest absolute Gasteiger partial charge is 0.272 e. The van der Waals surface area contributed by atoms with E-state index in [-0.39, 0.29) is 17.5 Å². The van der Waals surface area contributed by atoms with Crippen LogP contribution in [0.15, 0.2) is 46.9 Å². The molecular weight excluding hydrogens is 339 g/mol. The van der Waals surface area contributed by atoms with Gasteiger partial charge in [-0.2, -0.15) is 0 Å². The largest absolute Gasteiger partial charge is 0.313 e. The van der Waals surface area contributed by atoms with Gasteiger partial charge in [0.05, 0.1) is 4.92 Å². The van der Waals surface area contributed by atoms with E-state index in [0.717, 1.165) is 0 Å². The van der Waals surface area contributed by atoms with Crippen LogP contribution in [-0.4, -0.2) is 12.0 Å². The molecule has 1 unspecified atom stereocenters. The summed E-state index contributed by atoms with van der Waals surface area (Å²) >= 11 is 3.34. The molecular formula is C15H14BrFN2O2. The lowest BCUT2D eigenvalue weighted by atomic mass is 9.97. The van der Waals surface area contributed by atoms with Gasteiger partial charge < -0.3 is 5.32 Å². The molecule has 0 heterocycles. The number of nitrogens with zero attached hydrogens (tertiary/aromatic N) is 1. The molecule has 0 amide bonds. The monoisotopic (exact) mass is 352 g/mol. The molecule has 0 aromatic heterocycles. The molecule has 21 heavy (non-hydrogen) atoms. The summed E-state index contributed by atoms with van der Waals surface area (Å²) in [4.78, 5) is 10.6. The van der Waals surface area contributed by atoms with E-state index in [0.29, 0.717) is 22.0 Å². The summed E-state index contributed by atoms with van der Waals surface area (Å²) in [6, 6.07) is 10.9. The Balaban J connectivity index is 2.39. The van der Waals surface area contributed by atoms with E-state index in [1.54, 1.807) is 37.4 Å². The van der Waals surface area contributed by atoms with E-state index in [4.69, 9.17) is 0 Å². The van der Waals surface area contributed by atoms with Crippen LogP contribution in [0.25, 0.3) is 0 Å². The molecule has 0 aliphatic heterocycles. The molecule has 6 heteroatoms. The van der Waals surface area contributed by atoms with Crippen LogP contribution in [0.5, 0.6) is 0 Å². The van der Waals surface area contributed by atoms with Gasteiger partial charge in [-0.05, 0) is 25.6 Å². The van der Waals surface area contributed by atoms with Crippen molar-refractivity contribution < 1.29 is 9.31 Å². The maximum atomic E-state index is 14.0. The van der Waals surface area contributed by atoms with Gasteiger partial charge in [-0.3, -0.25) is 10.1 Å². The number of likely N-dealkylation sites (N-methyl/N-ethyl adjacent to an activating group) is 1. The molecule has 0 saturated heterocycles. The van der Waals surface area contributed by atoms with Gasteiger partial charge in [0.25, 0.3) is 5.69 Å². The molecule has 2 aromatic carbocycles. The molecule has 2 aromatic rings. The summed E-state index contributed by atoms with van der Waals surface area (Å²) in [6.45, 7) is 0. The van der Waals surface area contributed by atoms with Crippen LogP contribution in [-0.2, 0) is 6.42 Å². The van der Waals surface area contributed by atoms with Crippen molar-refractivity contribution in [3.63, 3.8) is 0 Å².